The van der Waals surface area contributed by atoms with Gasteiger partial charge < -0.3 is 5.73 Å². The quantitative estimate of drug-likeness (QED) is 0.804. The third-order valence-electron chi connectivity index (χ3n) is 3.01. The number of rotatable bonds is 2. The lowest BCUT2D eigenvalue weighted by molar-refractivity contribution is 0.590. The average Bonchev–Trinajstić information content (AvgIpc) is 2.97. The van der Waals surface area contributed by atoms with E-state index in [9.17, 15) is 4.39 Å². The van der Waals surface area contributed by atoms with E-state index in [1.54, 1.807) is 13.0 Å². The summed E-state index contributed by atoms with van der Waals surface area (Å²) < 4.78 is 13.6. The molecule has 3 heteroatoms. The predicted molar refractivity (Wildman–Crippen MR) is 55.5 cm³/mol. The molecule has 78 valence electrons. The van der Waals surface area contributed by atoms with Crippen molar-refractivity contribution in [1.29, 1.82) is 5.26 Å². The third kappa shape index (κ3) is 1.62. The van der Waals surface area contributed by atoms with Crippen molar-refractivity contribution in [3.8, 4) is 6.07 Å². The smallest absolute Gasteiger partial charge is 0.128 e. The van der Waals surface area contributed by atoms with Crippen LogP contribution in [0.5, 0.6) is 0 Å². The summed E-state index contributed by atoms with van der Waals surface area (Å²) >= 11 is 0. The van der Waals surface area contributed by atoms with E-state index < -0.39 is 5.41 Å². The zero-order valence-electron chi connectivity index (χ0n) is 8.63. The summed E-state index contributed by atoms with van der Waals surface area (Å²) in [4.78, 5) is 0. The summed E-state index contributed by atoms with van der Waals surface area (Å²) in [6.45, 7) is 1.75. The molecule has 2 rings (SSSR count). The molecule has 0 heterocycles. The van der Waals surface area contributed by atoms with Gasteiger partial charge in [-0.15, -0.1) is 0 Å². The molecule has 0 saturated heterocycles. The van der Waals surface area contributed by atoms with Gasteiger partial charge in [-0.05, 0) is 31.4 Å². The van der Waals surface area contributed by atoms with E-state index in [2.05, 4.69) is 6.07 Å². The molecular weight excluding hydrogens is 191 g/mol. The van der Waals surface area contributed by atoms with Gasteiger partial charge in [0, 0.05) is 11.6 Å². The van der Waals surface area contributed by atoms with Crippen LogP contribution in [0, 0.1) is 17.1 Å². The summed E-state index contributed by atoms with van der Waals surface area (Å²) in [7, 11) is 0. The molecule has 1 fully saturated rings. The monoisotopic (exact) mass is 204 g/mol. The van der Waals surface area contributed by atoms with Gasteiger partial charge in [0.2, 0.25) is 0 Å². The fourth-order valence-electron chi connectivity index (χ4n) is 1.78. The molecule has 0 aromatic heterocycles. The molecule has 0 spiro atoms. The van der Waals surface area contributed by atoms with Crippen LogP contribution in [0.1, 0.15) is 36.9 Å². The fourth-order valence-corrected chi connectivity index (χ4v) is 1.78. The van der Waals surface area contributed by atoms with Crippen LogP contribution in [0.15, 0.2) is 18.2 Å². The molecule has 0 aliphatic heterocycles. The summed E-state index contributed by atoms with van der Waals surface area (Å²) in [5.41, 5.74) is 6.49. The minimum atomic E-state index is -0.419. The van der Waals surface area contributed by atoms with E-state index in [1.807, 2.05) is 6.07 Å². The van der Waals surface area contributed by atoms with Gasteiger partial charge in [-0.3, -0.25) is 0 Å². The second-order valence-electron chi connectivity index (χ2n) is 4.22. The molecule has 1 saturated carbocycles. The second kappa shape index (κ2) is 3.32. The van der Waals surface area contributed by atoms with Gasteiger partial charge in [-0.2, -0.15) is 5.26 Å². The summed E-state index contributed by atoms with van der Waals surface area (Å²) in [6, 6.07) is 6.90. The van der Waals surface area contributed by atoms with Gasteiger partial charge >= 0.3 is 0 Å². The van der Waals surface area contributed by atoms with E-state index in [4.69, 9.17) is 11.0 Å². The molecule has 0 bridgehead atoms. The Morgan fingerprint density at radius 1 is 1.53 bits per heavy atom. The van der Waals surface area contributed by atoms with Crippen molar-refractivity contribution in [3.05, 3.63) is 35.1 Å². The topological polar surface area (TPSA) is 49.8 Å². The average molecular weight is 204 g/mol. The first kappa shape index (κ1) is 10.1. The highest BCUT2D eigenvalue weighted by Gasteiger charge is 2.45. The third-order valence-corrected chi connectivity index (χ3v) is 3.01. The number of nitrogens with zero attached hydrogens (tertiary/aromatic N) is 1. The van der Waals surface area contributed by atoms with E-state index in [0.29, 0.717) is 5.56 Å². The predicted octanol–water partition coefficient (Wildman–Crippen LogP) is 2.40. The lowest BCUT2D eigenvalue weighted by atomic mass is 9.95. The highest BCUT2D eigenvalue weighted by Crippen LogP contribution is 2.47. The van der Waals surface area contributed by atoms with Crippen molar-refractivity contribution in [2.75, 3.05) is 0 Å². The van der Waals surface area contributed by atoms with Crippen LogP contribution in [0.4, 0.5) is 4.39 Å². The molecule has 0 unspecified atom stereocenters. The highest BCUT2D eigenvalue weighted by molar-refractivity contribution is 5.41. The standard InChI is InChI=1S/C12H13FN2/c1-8(15)10-3-2-9(6-11(10)13)12(7-14)4-5-12/h2-3,6,8H,4-5,15H2,1H3/t8-/m0/s1. The van der Waals surface area contributed by atoms with Gasteiger partial charge in [0.25, 0.3) is 0 Å². The number of halogens is 1. The SMILES string of the molecule is C[C@H](N)c1ccc(C2(C#N)CC2)cc1F. The summed E-state index contributed by atoms with van der Waals surface area (Å²) in [6.07, 6.45) is 1.67. The van der Waals surface area contributed by atoms with E-state index in [1.165, 1.54) is 6.07 Å². The molecule has 0 radical (unpaired) electrons. The molecular formula is C12H13FN2. The van der Waals surface area contributed by atoms with Gasteiger partial charge in [-0.25, -0.2) is 4.39 Å². The molecule has 2 nitrogen and oxygen atoms in total. The molecule has 1 aromatic rings. The van der Waals surface area contributed by atoms with Crippen LogP contribution in [0.3, 0.4) is 0 Å². The first-order valence-corrected chi connectivity index (χ1v) is 5.06. The van der Waals surface area contributed by atoms with E-state index in [0.717, 1.165) is 18.4 Å². The molecule has 0 amide bonds. The molecule has 15 heavy (non-hydrogen) atoms. The number of hydrogen-bond donors (Lipinski definition) is 1. The Morgan fingerprint density at radius 3 is 2.60 bits per heavy atom. The van der Waals surface area contributed by atoms with E-state index in [-0.39, 0.29) is 11.9 Å². The van der Waals surface area contributed by atoms with Crippen LogP contribution in [-0.2, 0) is 5.41 Å². The number of hydrogen-bond acceptors (Lipinski definition) is 2. The zero-order valence-corrected chi connectivity index (χ0v) is 8.63. The lowest BCUT2D eigenvalue weighted by Gasteiger charge is -2.11. The Labute approximate surface area is 88.5 Å². The minimum absolute atomic E-state index is 0.302. The summed E-state index contributed by atoms with van der Waals surface area (Å²) in [5.74, 6) is -0.302. The van der Waals surface area contributed by atoms with Crippen molar-refractivity contribution < 1.29 is 4.39 Å². The number of nitriles is 1. The minimum Gasteiger partial charge on any atom is -0.324 e. The maximum Gasteiger partial charge on any atom is 0.128 e. The number of nitrogens with two attached hydrogens (primary N) is 1. The Bertz CT molecular complexity index is 428. The highest BCUT2D eigenvalue weighted by atomic mass is 19.1. The lowest BCUT2D eigenvalue weighted by Crippen LogP contribution is -2.10. The molecule has 2 N–H and O–H groups in total. The zero-order chi connectivity index (χ0) is 11.1. The van der Waals surface area contributed by atoms with Crippen LogP contribution in [0.25, 0.3) is 0 Å². The van der Waals surface area contributed by atoms with Crippen LogP contribution < -0.4 is 5.73 Å². The Morgan fingerprint density at radius 2 is 2.20 bits per heavy atom. The molecule has 1 aromatic carbocycles. The van der Waals surface area contributed by atoms with Crippen molar-refractivity contribution in [3.63, 3.8) is 0 Å². The normalized spacial score (nSPS) is 19.3. The first-order valence-electron chi connectivity index (χ1n) is 5.06. The second-order valence-corrected chi connectivity index (χ2v) is 4.22. The molecule has 1 aliphatic rings. The maximum absolute atomic E-state index is 13.6. The van der Waals surface area contributed by atoms with Gasteiger partial charge in [0.05, 0.1) is 11.5 Å². The van der Waals surface area contributed by atoms with Crippen molar-refractivity contribution in [2.24, 2.45) is 5.73 Å². The Hall–Kier alpha value is -1.40. The van der Waals surface area contributed by atoms with Gasteiger partial charge in [-0.1, -0.05) is 12.1 Å². The largest absolute Gasteiger partial charge is 0.324 e. The van der Waals surface area contributed by atoms with Crippen LogP contribution >= 0.6 is 0 Å². The van der Waals surface area contributed by atoms with Crippen molar-refractivity contribution in [1.82, 2.24) is 0 Å². The maximum atomic E-state index is 13.6. The van der Waals surface area contributed by atoms with Crippen LogP contribution in [-0.4, -0.2) is 0 Å². The Balaban J connectivity index is 2.39. The van der Waals surface area contributed by atoms with E-state index >= 15 is 0 Å². The first-order chi connectivity index (χ1) is 7.09. The summed E-state index contributed by atoms with van der Waals surface area (Å²) in [5, 5.41) is 8.98. The van der Waals surface area contributed by atoms with Crippen molar-refractivity contribution >= 4 is 0 Å². The van der Waals surface area contributed by atoms with Gasteiger partial charge in [0.15, 0.2) is 0 Å². The Kier molecular flexibility index (Phi) is 2.24. The van der Waals surface area contributed by atoms with Crippen LogP contribution in [0.2, 0.25) is 0 Å². The fraction of sp³-hybridized carbons (Fsp3) is 0.417. The molecule has 1 atom stereocenters. The van der Waals surface area contributed by atoms with Crippen molar-refractivity contribution in [2.45, 2.75) is 31.2 Å². The number of benzene rings is 1. The van der Waals surface area contributed by atoms with Gasteiger partial charge in [0.1, 0.15) is 5.82 Å². The molecule has 1 aliphatic carbocycles.